The number of carbonyl (C=O) groups is 3. The Morgan fingerprint density at radius 1 is 0.969 bits per heavy atom. The van der Waals surface area contributed by atoms with Crippen LogP contribution in [0.5, 0.6) is 5.75 Å². The summed E-state index contributed by atoms with van der Waals surface area (Å²) in [5, 5.41) is 10.5. The first-order chi connectivity index (χ1) is 15.1. The Bertz CT molecular complexity index is 1060. The fourth-order valence-corrected chi connectivity index (χ4v) is 3.90. The molecule has 32 heavy (non-hydrogen) atoms. The normalized spacial score (nSPS) is 12.5. The molecule has 7 heteroatoms. The molecular weight excluding hydrogens is 406 g/mol. The van der Waals surface area contributed by atoms with Crippen LogP contribution in [-0.4, -0.2) is 65.2 Å². The first kappa shape index (κ1) is 23.3. The van der Waals surface area contributed by atoms with Crippen LogP contribution in [0.1, 0.15) is 67.5 Å². The van der Waals surface area contributed by atoms with E-state index < -0.39 is 0 Å². The molecule has 170 valence electrons. The van der Waals surface area contributed by atoms with Crippen molar-refractivity contribution in [3.05, 3.63) is 63.7 Å². The van der Waals surface area contributed by atoms with E-state index in [9.17, 15) is 19.5 Å². The molecule has 0 atom stereocenters. The molecule has 1 aliphatic rings. The topological polar surface area (TPSA) is 81.2 Å². The van der Waals surface area contributed by atoms with Crippen LogP contribution >= 0.6 is 0 Å². The van der Waals surface area contributed by atoms with Crippen molar-refractivity contribution < 1.29 is 19.5 Å². The summed E-state index contributed by atoms with van der Waals surface area (Å²) in [5.74, 6) is -0.741. The van der Waals surface area contributed by atoms with Gasteiger partial charge in [0.1, 0.15) is 5.75 Å². The Kier molecular flexibility index (Phi) is 6.87. The van der Waals surface area contributed by atoms with Gasteiger partial charge in [-0.2, -0.15) is 0 Å². The highest BCUT2D eigenvalue weighted by Crippen LogP contribution is 2.30. The lowest BCUT2D eigenvalue weighted by molar-refractivity contribution is 0.0748. The third-order valence-electron chi connectivity index (χ3n) is 5.87. The molecule has 0 saturated carbocycles. The standard InChI is InChI=1S/C25H31N3O4/c1-6-7-10-27(5)24(31)20-13-21(22(29)11-16(20)2)25(32)28-14-18-9-8-17(12-19(18)15-28)23(30)26(3)4/h8-9,11-13,29H,6-7,10,14-15H2,1-5H3. The molecule has 0 aromatic heterocycles. The molecule has 1 heterocycles. The van der Waals surface area contributed by atoms with Crippen LogP contribution in [0.25, 0.3) is 0 Å². The molecule has 1 N–H and O–H groups in total. The zero-order valence-corrected chi connectivity index (χ0v) is 19.4. The Labute approximate surface area is 189 Å². The lowest BCUT2D eigenvalue weighted by Crippen LogP contribution is -2.29. The number of phenols is 1. The molecule has 0 aliphatic carbocycles. The van der Waals surface area contributed by atoms with Crippen molar-refractivity contribution in [2.45, 2.75) is 39.8 Å². The lowest BCUT2D eigenvalue weighted by Gasteiger charge is -2.20. The number of nitrogens with zero attached hydrogens (tertiary/aromatic N) is 3. The van der Waals surface area contributed by atoms with Crippen LogP contribution < -0.4 is 0 Å². The first-order valence-electron chi connectivity index (χ1n) is 10.9. The van der Waals surface area contributed by atoms with E-state index >= 15 is 0 Å². The Morgan fingerprint density at radius 2 is 1.66 bits per heavy atom. The zero-order valence-electron chi connectivity index (χ0n) is 19.4. The van der Waals surface area contributed by atoms with Crippen molar-refractivity contribution in [3.8, 4) is 5.75 Å². The molecule has 7 nitrogen and oxygen atoms in total. The zero-order chi connectivity index (χ0) is 23.6. The fraction of sp³-hybridized carbons (Fsp3) is 0.400. The number of aromatic hydroxyl groups is 1. The van der Waals surface area contributed by atoms with Gasteiger partial charge in [0.25, 0.3) is 17.7 Å². The average molecular weight is 438 g/mol. The first-order valence-corrected chi connectivity index (χ1v) is 10.9. The Balaban J connectivity index is 1.84. The van der Waals surface area contributed by atoms with Gasteiger partial charge in [0.05, 0.1) is 5.56 Å². The largest absolute Gasteiger partial charge is 0.507 e. The summed E-state index contributed by atoms with van der Waals surface area (Å²) in [6.07, 6.45) is 1.88. The quantitative estimate of drug-likeness (QED) is 0.751. The molecule has 0 bridgehead atoms. The number of carbonyl (C=O) groups excluding carboxylic acids is 3. The van der Waals surface area contributed by atoms with Crippen molar-refractivity contribution >= 4 is 17.7 Å². The number of hydrogen-bond donors (Lipinski definition) is 1. The van der Waals surface area contributed by atoms with Crippen LogP contribution in [-0.2, 0) is 13.1 Å². The average Bonchev–Trinajstić information content (AvgIpc) is 3.19. The molecule has 3 rings (SSSR count). The summed E-state index contributed by atoms with van der Waals surface area (Å²) in [6, 6.07) is 8.43. The SMILES string of the molecule is CCCCN(C)C(=O)c1cc(C(=O)N2Cc3ccc(C(=O)N(C)C)cc3C2)c(O)cc1C. The van der Waals surface area contributed by atoms with Crippen LogP contribution in [0.15, 0.2) is 30.3 Å². The van der Waals surface area contributed by atoms with Gasteiger partial charge in [0.2, 0.25) is 0 Å². The molecule has 0 saturated heterocycles. The van der Waals surface area contributed by atoms with E-state index in [4.69, 9.17) is 0 Å². The number of aryl methyl sites for hydroxylation is 1. The molecular formula is C25H31N3O4. The number of unbranched alkanes of at least 4 members (excludes halogenated alkanes) is 1. The summed E-state index contributed by atoms with van der Waals surface area (Å²) < 4.78 is 0. The summed E-state index contributed by atoms with van der Waals surface area (Å²) in [4.78, 5) is 43.2. The second-order valence-electron chi connectivity index (χ2n) is 8.61. The summed E-state index contributed by atoms with van der Waals surface area (Å²) in [5.41, 5.74) is 3.61. The highest BCUT2D eigenvalue weighted by atomic mass is 16.3. The molecule has 1 aliphatic heterocycles. The maximum Gasteiger partial charge on any atom is 0.258 e. The predicted octanol–water partition coefficient (Wildman–Crippen LogP) is 3.43. The van der Waals surface area contributed by atoms with Crippen molar-refractivity contribution in [2.75, 3.05) is 27.7 Å². The van der Waals surface area contributed by atoms with E-state index in [2.05, 4.69) is 6.92 Å². The monoisotopic (exact) mass is 437 g/mol. The van der Waals surface area contributed by atoms with Gasteiger partial charge in [-0.1, -0.05) is 19.4 Å². The Hall–Kier alpha value is -3.35. The van der Waals surface area contributed by atoms with Gasteiger partial charge < -0.3 is 19.8 Å². The van der Waals surface area contributed by atoms with Crippen LogP contribution in [0, 0.1) is 6.92 Å². The van der Waals surface area contributed by atoms with Crippen molar-refractivity contribution in [3.63, 3.8) is 0 Å². The highest BCUT2D eigenvalue weighted by molar-refractivity contribution is 6.02. The van der Waals surface area contributed by atoms with Crippen molar-refractivity contribution in [2.24, 2.45) is 0 Å². The Morgan fingerprint density at radius 3 is 2.31 bits per heavy atom. The van der Waals surface area contributed by atoms with Gasteiger partial charge in [-0.25, -0.2) is 0 Å². The fourth-order valence-electron chi connectivity index (χ4n) is 3.90. The minimum absolute atomic E-state index is 0.0934. The van der Waals surface area contributed by atoms with E-state index in [1.807, 2.05) is 12.1 Å². The molecule has 0 radical (unpaired) electrons. The minimum atomic E-state index is -0.343. The molecule has 2 aromatic rings. The molecule has 0 fully saturated rings. The smallest absolute Gasteiger partial charge is 0.258 e. The van der Waals surface area contributed by atoms with Gasteiger partial charge in [0, 0.05) is 51.9 Å². The second kappa shape index (κ2) is 9.42. The predicted molar refractivity (Wildman–Crippen MR) is 123 cm³/mol. The number of amides is 3. The summed E-state index contributed by atoms with van der Waals surface area (Å²) in [7, 11) is 5.14. The highest BCUT2D eigenvalue weighted by Gasteiger charge is 2.28. The van der Waals surface area contributed by atoms with E-state index in [1.165, 1.54) is 17.0 Å². The summed E-state index contributed by atoms with van der Waals surface area (Å²) >= 11 is 0. The van der Waals surface area contributed by atoms with Gasteiger partial charge in [-0.05, 0) is 54.3 Å². The van der Waals surface area contributed by atoms with E-state index in [-0.39, 0.29) is 29.0 Å². The van der Waals surface area contributed by atoms with Crippen molar-refractivity contribution in [1.29, 1.82) is 0 Å². The number of rotatable bonds is 6. The minimum Gasteiger partial charge on any atom is -0.507 e. The third-order valence-corrected chi connectivity index (χ3v) is 5.87. The molecule has 0 unspecified atom stereocenters. The number of fused-ring (bicyclic) bond motifs is 1. The van der Waals surface area contributed by atoms with Gasteiger partial charge >= 0.3 is 0 Å². The third kappa shape index (κ3) is 4.61. The van der Waals surface area contributed by atoms with Crippen LogP contribution in [0.2, 0.25) is 0 Å². The number of hydrogen-bond acceptors (Lipinski definition) is 4. The van der Waals surface area contributed by atoms with Crippen LogP contribution in [0.4, 0.5) is 0 Å². The maximum atomic E-state index is 13.3. The summed E-state index contributed by atoms with van der Waals surface area (Å²) in [6.45, 7) is 5.18. The number of phenolic OH excluding ortho intramolecular Hbond substituents is 1. The lowest BCUT2D eigenvalue weighted by atomic mass is 10.0. The maximum absolute atomic E-state index is 13.3. The second-order valence-corrected chi connectivity index (χ2v) is 8.61. The molecule has 0 spiro atoms. The van der Waals surface area contributed by atoms with E-state index in [0.717, 1.165) is 24.0 Å². The number of benzene rings is 2. The van der Waals surface area contributed by atoms with E-state index in [1.54, 1.807) is 43.9 Å². The van der Waals surface area contributed by atoms with Gasteiger partial charge in [-0.3, -0.25) is 14.4 Å². The van der Waals surface area contributed by atoms with Gasteiger partial charge in [0.15, 0.2) is 0 Å². The molecule has 2 aromatic carbocycles. The van der Waals surface area contributed by atoms with Crippen molar-refractivity contribution in [1.82, 2.24) is 14.7 Å². The van der Waals surface area contributed by atoms with Gasteiger partial charge in [-0.15, -0.1) is 0 Å². The van der Waals surface area contributed by atoms with E-state index in [0.29, 0.717) is 36.3 Å². The molecule has 3 amide bonds. The van der Waals surface area contributed by atoms with Crippen LogP contribution in [0.3, 0.4) is 0 Å².